The van der Waals surface area contributed by atoms with Crippen molar-refractivity contribution in [2.75, 3.05) is 18.0 Å². The van der Waals surface area contributed by atoms with Gasteiger partial charge in [0.15, 0.2) is 5.65 Å². The number of aryl methyl sites for hydroxylation is 1. The Bertz CT molecular complexity index is 1620. The second-order valence-electron chi connectivity index (χ2n) is 8.65. The van der Waals surface area contributed by atoms with Crippen LogP contribution in [0.2, 0.25) is 5.02 Å². The van der Waals surface area contributed by atoms with Gasteiger partial charge in [0.1, 0.15) is 12.4 Å². The summed E-state index contributed by atoms with van der Waals surface area (Å²) >= 11 is 6.10. The first kappa shape index (κ1) is 23.1. The summed E-state index contributed by atoms with van der Waals surface area (Å²) in [6.45, 7) is 5.14. The summed E-state index contributed by atoms with van der Waals surface area (Å²) in [7, 11) is 0. The molecular formula is C24H25ClN8O2. The molecule has 10 nitrogen and oxygen atoms in total. The quantitative estimate of drug-likeness (QED) is 0.430. The molecule has 0 spiro atoms. The van der Waals surface area contributed by atoms with E-state index in [9.17, 15) is 9.59 Å². The van der Waals surface area contributed by atoms with Crippen LogP contribution in [0.5, 0.6) is 0 Å². The van der Waals surface area contributed by atoms with Crippen molar-refractivity contribution in [3.8, 4) is 11.8 Å². The van der Waals surface area contributed by atoms with Gasteiger partial charge in [-0.3, -0.25) is 9.36 Å². The van der Waals surface area contributed by atoms with Gasteiger partial charge in [0.25, 0.3) is 5.56 Å². The largest absolute Gasteiger partial charge is 0.352 e. The number of fused-ring (bicyclic) bond motifs is 2. The maximum Gasteiger partial charge on any atom is 0.352 e. The lowest BCUT2D eigenvalue weighted by Crippen LogP contribution is -2.44. The SMILES string of the molecule is CC#CCn1c(N2CCCC(N)C2)nc2cc(=O)n(Cc3nc(C)c4cc(Cl)ccc4n3)c(=O)n21. The molecule has 5 rings (SSSR count). The minimum absolute atomic E-state index is 0.0224. The van der Waals surface area contributed by atoms with E-state index in [1.54, 1.807) is 29.8 Å². The molecule has 1 aliphatic rings. The number of piperidine rings is 1. The molecule has 1 unspecified atom stereocenters. The lowest BCUT2D eigenvalue weighted by Gasteiger charge is -2.31. The van der Waals surface area contributed by atoms with Crippen LogP contribution >= 0.6 is 11.6 Å². The zero-order valence-electron chi connectivity index (χ0n) is 19.5. The Labute approximate surface area is 206 Å². The van der Waals surface area contributed by atoms with Crippen molar-refractivity contribution >= 4 is 34.1 Å². The van der Waals surface area contributed by atoms with Crippen LogP contribution in [-0.2, 0) is 13.1 Å². The van der Waals surface area contributed by atoms with Gasteiger partial charge in [-0.05, 0) is 44.9 Å². The maximum atomic E-state index is 13.6. The predicted octanol–water partition coefficient (Wildman–Crippen LogP) is 1.56. The third kappa shape index (κ3) is 4.29. The fraction of sp³-hybridized carbons (Fsp3) is 0.375. The molecule has 1 fully saturated rings. The first-order valence-corrected chi connectivity index (χ1v) is 11.8. The Kier molecular flexibility index (Phi) is 6.05. The lowest BCUT2D eigenvalue weighted by atomic mass is 10.1. The van der Waals surface area contributed by atoms with Gasteiger partial charge >= 0.3 is 5.69 Å². The lowest BCUT2D eigenvalue weighted by molar-refractivity contribution is 0.485. The predicted molar refractivity (Wildman–Crippen MR) is 135 cm³/mol. The topological polar surface area (TPSA) is 116 Å². The van der Waals surface area contributed by atoms with E-state index in [0.29, 0.717) is 34.6 Å². The second-order valence-corrected chi connectivity index (χ2v) is 9.09. The van der Waals surface area contributed by atoms with E-state index < -0.39 is 11.2 Å². The maximum absolute atomic E-state index is 13.6. The number of hydrogen-bond acceptors (Lipinski definition) is 7. The highest BCUT2D eigenvalue weighted by Crippen LogP contribution is 2.21. The summed E-state index contributed by atoms with van der Waals surface area (Å²) in [4.78, 5) is 42.3. The third-order valence-electron chi connectivity index (χ3n) is 6.18. The molecule has 1 atom stereocenters. The number of nitrogens with two attached hydrogens (primary N) is 1. The van der Waals surface area contributed by atoms with Crippen molar-refractivity contribution in [2.45, 2.75) is 45.8 Å². The number of anilines is 1. The van der Waals surface area contributed by atoms with Gasteiger partial charge in [-0.15, -0.1) is 5.92 Å². The zero-order valence-corrected chi connectivity index (χ0v) is 20.3. The summed E-state index contributed by atoms with van der Waals surface area (Å²) < 4.78 is 4.22. The number of benzene rings is 1. The Hall–Kier alpha value is -3.68. The van der Waals surface area contributed by atoms with Gasteiger partial charge < -0.3 is 10.6 Å². The molecule has 1 aliphatic heterocycles. The minimum atomic E-state index is -0.525. The minimum Gasteiger partial charge on any atom is -0.339 e. The molecule has 3 aromatic heterocycles. The van der Waals surface area contributed by atoms with Crippen molar-refractivity contribution in [2.24, 2.45) is 5.73 Å². The van der Waals surface area contributed by atoms with Crippen LogP contribution in [0.1, 0.15) is 31.3 Å². The molecule has 1 saturated heterocycles. The van der Waals surface area contributed by atoms with Crippen LogP contribution < -0.4 is 21.9 Å². The smallest absolute Gasteiger partial charge is 0.339 e. The summed E-state index contributed by atoms with van der Waals surface area (Å²) in [5.74, 6) is 6.81. The summed E-state index contributed by atoms with van der Waals surface area (Å²) in [5.41, 5.74) is 6.86. The molecule has 11 heteroatoms. The first-order chi connectivity index (χ1) is 16.9. The van der Waals surface area contributed by atoms with E-state index >= 15 is 0 Å². The van der Waals surface area contributed by atoms with Crippen LogP contribution in [0.25, 0.3) is 16.6 Å². The van der Waals surface area contributed by atoms with E-state index in [-0.39, 0.29) is 24.8 Å². The molecule has 0 saturated carbocycles. The fourth-order valence-electron chi connectivity index (χ4n) is 4.50. The van der Waals surface area contributed by atoms with Gasteiger partial charge in [-0.25, -0.2) is 19.4 Å². The molecule has 0 amide bonds. The Morgan fingerprint density at radius 1 is 1.20 bits per heavy atom. The van der Waals surface area contributed by atoms with Crippen LogP contribution in [0, 0.1) is 18.8 Å². The molecule has 0 radical (unpaired) electrons. The number of aromatic nitrogens is 6. The summed E-state index contributed by atoms with van der Waals surface area (Å²) in [6.07, 6.45) is 1.86. The number of nitrogens with zero attached hydrogens (tertiary/aromatic N) is 7. The second kappa shape index (κ2) is 9.17. The average molecular weight is 493 g/mol. The Balaban J connectivity index is 1.63. The standard InChI is InChI=1S/C24H25ClN8O2/c1-3-4-10-32-23(30-9-5-6-17(26)13-30)29-21-12-22(34)31(24(35)33(21)32)14-20-27-15(2)18-11-16(25)7-8-19(18)28-20/h7-8,11-12,17H,5-6,9-10,13-14,26H2,1-2H3. The molecule has 180 valence electrons. The van der Waals surface area contributed by atoms with Gasteiger partial charge in [-0.2, -0.15) is 9.50 Å². The molecule has 4 aromatic rings. The highest BCUT2D eigenvalue weighted by Gasteiger charge is 2.24. The number of rotatable bonds is 4. The monoisotopic (exact) mass is 492 g/mol. The molecule has 2 N–H and O–H groups in total. The average Bonchev–Trinajstić information content (AvgIpc) is 3.19. The van der Waals surface area contributed by atoms with Crippen molar-refractivity contribution in [3.05, 3.63) is 61.6 Å². The molecule has 1 aromatic carbocycles. The summed E-state index contributed by atoms with van der Waals surface area (Å²) in [5, 5.41) is 1.41. The van der Waals surface area contributed by atoms with Crippen molar-refractivity contribution < 1.29 is 0 Å². The number of halogens is 1. The Morgan fingerprint density at radius 3 is 2.80 bits per heavy atom. The zero-order chi connectivity index (χ0) is 24.7. The van der Waals surface area contributed by atoms with Crippen LogP contribution in [0.4, 0.5) is 5.95 Å². The van der Waals surface area contributed by atoms with Crippen molar-refractivity contribution in [1.82, 2.24) is 28.7 Å². The van der Waals surface area contributed by atoms with Gasteiger partial charge in [0.05, 0.1) is 12.1 Å². The van der Waals surface area contributed by atoms with Gasteiger partial charge in [0, 0.05) is 41.3 Å². The van der Waals surface area contributed by atoms with E-state index in [4.69, 9.17) is 17.3 Å². The van der Waals surface area contributed by atoms with Crippen LogP contribution in [-0.4, -0.2) is 47.8 Å². The van der Waals surface area contributed by atoms with E-state index in [1.807, 2.05) is 11.8 Å². The Morgan fingerprint density at radius 2 is 2.03 bits per heavy atom. The molecular weight excluding hydrogens is 468 g/mol. The summed E-state index contributed by atoms with van der Waals surface area (Å²) in [6, 6.07) is 6.72. The molecule has 0 bridgehead atoms. The molecule has 35 heavy (non-hydrogen) atoms. The number of hydrogen-bond donors (Lipinski definition) is 1. The third-order valence-corrected chi connectivity index (χ3v) is 6.41. The van der Waals surface area contributed by atoms with Gasteiger partial charge in [0.2, 0.25) is 5.95 Å². The van der Waals surface area contributed by atoms with Crippen LogP contribution in [0.3, 0.4) is 0 Å². The van der Waals surface area contributed by atoms with Crippen molar-refractivity contribution in [3.63, 3.8) is 0 Å². The van der Waals surface area contributed by atoms with Crippen molar-refractivity contribution in [1.29, 1.82) is 0 Å². The van der Waals surface area contributed by atoms with Crippen LogP contribution in [0.15, 0.2) is 33.9 Å². The first-order valence-electron chi connectivity index (χ1n) is 11.4. The normalized spacial score (nSPS) is 16.0. The van der Waals surface area contributed by atoms with E-state index in [2.05, 4.69) is 26.8 Å². The highest BCUT2D eigenvalue weighted by atomic mass is 35.5. The fourth-order valence-corrected chi connectivity index (χ4v) is 4.68. The molecule has 0 aliphatic carbocycles. The van der Waals surface area contributed by atoms with E-state index in [0.717, 1.165) is 29.3 Å². The van der Waals surface area contributed by atoms with E-state index in [1.165, 1.54) is 10.6 Å². The molecule has 4 heterocycles. The van der Waals surface area contributed by atoms with Gasteiger partial charge in [-0.1, -0.05) is 17.5 Å². The highest BCUT2D eigenvalue weighted by molar-refractivity contribution is 6.31.